The number of aromatic nitrogens is 2. The first-order valence-corrected chi connectivity index (χ1v) is 4.50. The Bertz CT molecular complexity index is 371. The van der Waals surface area contributed by atoms with Gasteiger partial charge in [0.25, 0.3) is 5.56 Å². The molecule has 2 rings (SSSR count). The van der Waals surface area contributed by atoms with Crippen LogP contribution in [-0.2, 0) is 6.54 Å². The van der Waals surface area contributed by atoms with Crippen LogP contribution < -0.4 is 5.56 Å². The van der Waals surface area contributed by atoms with E-state index in [0.717, 1.165) is 24.2 Å². The number of aromatic amines is 1. The Balaban J connectivity index is 2.54. The first kappa shape index (κ1) is 8.44. The van der Waals surface area contributed by atoms with Crippen molar-refractivity contribution in [2.75, 3.05) is 7.05 Å². The summed E-state index contributed by atoms with van der Waals surface area (Å²) in [5.41, 5.74) is 1.79. The summed E-state index contributed by atoms with van der Waals surface area (Å²) in [6, 6.07) is 0.317. The molecule has 0 bridgehead atoms. The van der Waals surface area contributed by atoms with Gasteiger partial charge in [-0.2, -0.15) is 0 Å². The predicted octanol–water partition coefficient (Wildman–Crippen LogP) is 0.666. The average Bonchev–Trinajstić information content (AvgIpc) is 2.43. The molecule has 0 saturated carbocycles. The van der Waals surface area contributed by atoms with Crippen LogP contribution in [0.4, 0.5) is 0 Å². The lowest BCUT2D eigenvalue weighted by Gasteiger charge is -2.16. The molecule has 0 spiro atoms. The van der Waals surface area contributed by atoms with Crippen molar-refractivity contribution in [3.63, 3.8) is 0 Å². The van der Waals surface area contributed by atoms with Gasteiger partial charge in [0.05, 0.1) is 23.6 Å². The van der Waals surface area contributed by atoms with Crippen molar-refractivity contribution in [3.05, 3.63) is 27.9 Å². The number of rotatable bonds is 1. The van der Waals surface area contributed by atoms with Gasteiger partial charge in [0, 0.05) is 6.54 Å². The van der Waals surface area contributed by atoms with Gasteiger partial charge in [-0.1, -0.05) is 6.92 Å². The minimum absolute atomic E-state index is 0.00722. The van der Waals surface area contributed by atoms with Gasteiger partial charge >= 0.3 is 0 Å². The molecular weight excluding hydrogens is 166 g/mol. The lowest BCUT2D eigenvalue weighted by Crippen LogP contribution is -2.16. The average molecular weight is 179 g/mol. The SMILES string of the molecule is CCC1c2nc[nH]c(=O)c2CN1C. The van der Waals surface area contributed by atoms with Crippen LogP contribution in [0.1, 0.15) is 30.6 Å². The number of hydrogen-bond donors (Lipinski definition) is 1. The van der Waals surface area contributed by atoms with Gasteiger partial charge in [0.15, 0.2) is 0 Å². The van der Waals surface area contributed by atoms with Crippen molar-refractivity contribution in [3.8, 4) is 0 Å². The fourth-order valence-corrected chi connectivity index (χ4v) is 1.96. The molecular formula is C9H13N3O. The number of hydrogen-bond acceptors (Lipinski definition) is 3. The quantitative estimate of drug-likeness (QED) is 0.689. The summed E-state index contributed by atoms with van der Waals surface area (Å²) in [6.07, 6.45) is 2.49. The third-order valence-electron chi connectivity index (χ3n) is 2.62. The molecule has 0 aliphatic carbocycles. The largest absolute Gasteiger partial charge is 0.313 e. The van der Waals surface area contributed by atoms with Crippen LogP contribution in [0.5, 0.6) is 0 Å². The second-order valence-corrected chi connectivity index (χ2v) is 3.43. The predicted molar refractivity (Wildman–Crippen MR) is 49.4 cm³/mol. The van der Waals surface area contributed by atoms with E-state index in [1.807, 2.05) is 7.05 Å². The van der Waals surface area contributed by atoms with E-state index in [2.05, 4.69) is 21.8 Å². The molecule has 1 aromatic heterocycles. The third-order valence-corrected chi connectivity index (χ3v) is 2.62. The van der Waals surface area contributed by atoms with E-state index < -0.39 is 0 Å². The number of nitrogens with zero attached hydrogens (tertiary/aromatic N) is 2. The van der Waals surface area contributed by atoms with Crippen LogP contribution in [0, 0.1) is 0 Å². The maximum atomic E-state index is 11.4. The number of H-pyrrole nitrogens is 1. The van der Waals surface area contributed by atoms with Gasteiger partial charge in [0.2, 0.25) is 0 Å². The summed E-state index contributed by atoms with van der Waals surface area (Å²) in [4.78, 5) is 20.4. The monoisotopic (exact) mass is 179 g/mol. The molecule has 1 aliphatic rings. The zero-order valence-electron chi connectivity index (χ0n) is 7.87. The fourth-order valence-electron chi connectivity index (χ4n) is 1.96. The van der Waals surface area contributed by atoms with Crippen LogP contribution in [0.2, 0.25) is 0 Å². The highest BCUT2D eigenvalue weighted by Gasteiger charge is 2.29. The van der Waals surface area contributed by atoms with Crippen molar-refractivity contribution in [1.82, 2.24) is 14.9 Å². The highest BCUT2D eigenvalue weighted by molar-refractivity contribution is 5.24. The van der Waals surface area contributed by atoms with Crippen LogP contribution >= 0.6 is 0 Å². The zero-order valence-corrected chi connectivity index (χ0v) is 7.87. The minimum atomic E-state index is 0.00722. The van der Waals surface area contributed by atoms with Gasteiger partial charge in [-0.15, -0.1) is 0 Å². The summed E-state index contributed by atoms with van der Waals surface area (Å²) < 4.78 is 0. The molecule has 13 heavy (non-hydrogen) atoms. The van der Waals surface area contributed by atoms with Gasteiger partial charge in [-0.3, -0.25) is 9.69 Å². The molecule has 1 atom stereocenters. The molecule has 4 nitrogen and oxygen atoms in total. The van der Waals surface area contributed by atoms with Crippen molar-refractivity contribution in [2.24, 2.45) is 0 Å². The van der Waals surface area contributed by atoms with Gasteiger partial charge in [0.1, 0.15) is 0 Å². The van der Waals surface area contributed by atoms with E-state index in [4.69, 9.17) is 0 Å². The molecule has 0 fully saturated rings. The molecule has 70 valence electrons. The Morgan fingerprint density at radius 1 is 1.77 bits per heavy atom. The normalized spacial score (nSPS) is 21.8. The van der Waals surface area contributed by atoms with Gasteiger partial charge in [-0.25, -0.2) is 4.98 Å². The van der Waals surface area contributed by atoms with E-state index in [9.17, 15) is 4.79 Å². The molecule has 2 heterocycles. The van der Waals surface area contributed by atoms with Crippen LogP contribution in [0.3, 0.4) is 0 Å². The summed E-state index contributed by atoms with van der Waals surface area (Å²) in [5, 5.41) is 0. The van der Waals surface area contributed by atoms with E-state index in [1.54, 1.807) is 0 Å². The lowest BCUT2D eigenvalue weighted by molar-refractivity contribution is 0.259. The lowest BCUT2D eigenvalue weighted by atomic mass is 10.1. The molecule has 0 saturated heterocycles. The molecule has 0 radical (unpaired) electrons. The van der Waals surface area contributed by atoms with Crippen molar-refractivity contribution in [1.29, 1.82) is 0 Å². The molecule has 0 aromatic carbocycles. The number of fused-ring (bicyclic) bond motifs is 1. The summed E-state index contributed by atoms with van der Waals surface area (Å²) >= 11 is 0. The first-order chi connectivity index (χ1) is 6.24. The smallest absolute Gasteiger partial charge is 0.255 e. The van der Waals surface area contributed by atoms with E-state index in [0.29, 0.717) is 6.04 Å². The van der Waals surface area contributed by atoms with Gasteiger partial charge < -0.3 is 4.98 Å². The van der Waals surface area contributed by atoms with Gasteiger partial charge in [-0.05, 0) is 13.5 Å². The van der Waals surface area contributed by atoms with Crippen LogP contribution in [0.25, 0.3) is 0 Å². The standard InChI is InChI=1S/C9H13N3O/c1-3-7-8-6(4-12(7)2)9(13)11-5-10-8/h5,7H,3-4H2,1-2H3,(H,10,11,13). The fraction of sp³-hybridized carbons (Fsp3) is 0.556. The Kier molecular flexibility index (Phi) is 1.92. The maximum absolute atomic E-state index is 11.4. The number of nitrogens with one attached hydrogen (secondary N) is 1. The van der Waals surface area contributed by atoms with Crippen LogP contribution in [-0.4, -0.2) is 21.9 Å². The highest BCUT2D eigenvalue weighted by Crippen LogP contribution is 2.30. The Morgan fingerprint density at radius 3 is 3.23 bits per heavy atom. The van der Waals surface area contributed by atoms with Crippen molar-refractivity contribution < 1.29 is 0 Å². The summed E-state index contributed by atoms with van der Waals surface area (Å²) in [5.74, 6) is 0. The molecule has 4 heteroatoms. The molecule has 1 aromatic rings. The van der Waals surface area contributed by atoms with Crippen molar-refractivity contribution >= 4 is 0 Å². The molecule has 1 unspecified atom stereocenters. The summed E-state index contributed by atoms with van der Waals surface area (Å²) in [6.45, 7) is 2.83. The Labute approximate surface area is 76.6 Å². The Morgan fingerprint density at radius 2 is 2.54 bits per heavy atom. The zero-order chi connectivity index (χ0) is 9.42. The second kappa shape index (κ2) is 2.96. The molecule has 1 aliphatic heterocycles. The van der Waals surface area contributed by atoms with Crippen LogP contribution in [0.15, 0.2) is 11.1 Å². The Hall–Kier alpha value is -1.16. The second-order valence-electron chi connectivity index (χ2n) is 3.43. The topological polar surface area (TPSA) is 49.0 Å². The maximum Gasteiger partial charge on any atom is 0.255 e. The minimum Gasteiger partial charge on any atom is -0.313 e. The first-order valence-electron chi connectivity index (χ1n) is 4.50. The third kappa shape index (κ3) is 1.18. The van der Waals surface area contributed by atoms with E-state index >= 15 is 0 Å². The molecule has 1 N–H and O–H groups in total. The summed E-state index contributed by atoms with van der Waals surface area (Å²) in [7, 11) is 2.02. The van der Waals surface area contributed by atoms with Crippen molar-refractivity contribution in [2.45, 2.75) is 25.9 Å². The van der Waals surface area contributed by atoms with E-state index in [-0.39, 0.29) is 5.56 Å². The molecule has 0 amide bonds. The van der Waals surface area contributed by atoms with E-state index in [1.165, 1.54) is 6.33 Å². The highest BCUT2D eigenvalue weighted by atomic mass is 16.1.